The second-order valence-corrected chi connectivity index (χ2v) is 6.51. The number of nitrogens with zero attached hydrogens (tertiary/aromatic N) is 1. The fourth-order valence-electron chi connectivity index (χ4n) is 2.92. The number of ether oxygens (including phenoxy) is 2. The molecular weight excluding hydrogens is 326 g/mol. The van der Waals surface area contributed by atoms with E-state index in [9.17, 15) is 4.79 Å². The van der Waals surface area contributed by atoms with Crippen molar-refractivity contribution < 1.29 is 14.3 Å². The lowest BCUT2D eigenvalue weighted by Gasteiger charge is -2.26. The molecule has 1 aliphatic rings. The van der Waals surface area contributed by atoms with Gasteiger partial charge in [-0.2, -0.15) is 0 Å². The first-order chi connectivity index (χ1) is 11.6. The third-order valence-corrected chi connectivity index (χ3v) is 4.37. The molecule has 126 valence electrons. The van der Waals surface area contributed by atoms with Crippen molar-refractivity contribution in [3.8, 4) is 5.75 Å². The molecule has 3 rings (SSSR count). The molecule has 4 nitrogen and oxygen atoms in total. The molecular formula is C19H20ClNO3. The van der Waals surface area contributed by atoms with Gasteiger partial charge in [0.2, 0.25) is 0 Å². The number of likely N-dealkylation sites (N-methyl/N-ethyl adjacent to an activating group) is 1. The van der Waals surface area contributed by atoms with Gasteiger partial charge in [0.15, 0.2) is 12.6 Å². The monoisotopic (exact) mass is 345 g/mol. The van der Waals surface area contributed by atoms with Gasteiger partial charge in [0.25, 0.3) is 0 Å². The Labute approximate surface area is 146 Å². The van der Waals surface area contributed by atoms with Gasteiger partial charge in [-0.25, -0.2) is 0 Å². The van der Waals surface area contributed by atoms with Gasteiger partial charge in [-0.3, -0.25) is 9.69 Å². The minimum Gasteiger partial charge on any atom is -0.467 e. The number of carbonyl (C=O) groups excluding carboxylic acids is 1. The molecule has 1 aliphatic heterocycles. The molecule has 5 heteroatoms. The molecule has 0 radical (unpaired) electrons. The van der Waals surface area contributed by atoms with Crippen LogP contribution >= 0.6 is 11.6 Å². The smallest absolute Gasteiger partial charge is 0.189 e. The summed E-state index contributed by atoms with van der Waals surface area (Å²) in [6.07, 6.45) is 0.531. The van der Waals surface area contributed by atoms with Crippen LogP contribution in [0.15, 0.2) is 42.5 Å². The summed E-state index contributed by atoms with van der Waals surface area (Å²) in [5.74, 6) is 0.875. The lowest BCUT2D eigenvalue weighted by molar-refractivity contribution is -0.0171. The Balaban J connectivity index is 1.92. The van der Waals surface area contributed by atoms with E-state index in [-0.39, 0.29) is 18.6 Å². The van der Waals surface area contributed by atoms with Gasteiger partial charge < -0.3 is 9.47 Å². The quantitative estimate of drug-likeness (QED) is 0.777. The average molecular weight is 346 g/mol. The standard InChI is InChI=1S/C19H20ClNO3/c1-21(2)17(18(22)13-6-4-3-5-7-13)10-14-8-16(20)9-15-11-23-12-24-19(14)15/h3-9,17H,10-12H2,1-2H3. The van der Waals surface area contributed by atoms with Crippen LogP contribution in [-0.4, -0.2) is 37.6 Å². The second-order valence-electron chi connectivity index (χ2n) is 6.08. The van der Waals surface area contributed by atoms with Crippen LogP contribution in [0, 0.1) is 0 Å². The number of halogens is 1. The van der Waals surface area contributed by atoms with Crippen molar-refractivity contribution in [1.29, 1.82) is 0 Å². The van der Waals surface area contributed by atoms with E-state index in [0.29, 0.717) is 23.6 Å². The molecule has 0 N–H and O–H groups in total. The van der Waals surface area contributed by atoms with Gasteiger partial charge >= 0.3 is 0 Å². The molecule has 0 saturated carbocycles. The number of benzene rings is 2. The van der Waals surface area contributed by atoms with Gasteiger partial charge in [0.05, 0.1) is 12.6 Å². The number of fused-ring (bicyclic) bond motifs is 1. The maximum Gasteiger partial charge on any atom is 0.189 e. The Morgan fingerprint density at radius 3 is 2.71 bits per heavy atom. The van der Waals surface area contributed by atoms with Crippen LogP contribution in [0.1, 0.15) is 21.5 Å². The van der Waals surface area contributed by atoms with Crippen molar-refractivity contribution in [1.82, 2.24) is 4.90 Å². The zero-order valence-electron chi connectivity index (χ0n) is 13.8. The van der Waals surface area contributed by atoms with E-state index in [1.807, 2.05) is 61.5 Å². The number of carbonyl (C=O) groups is 1. The highest BCUT2D eigenvalue weighted by molar-refractivity contribution is 6.30. The van der Waals surface area contributed by atoms with Gasteiger partial charge in [-0.05, 0) is 38.2 Å². The Bertz CT molecular complexity index is 731. The summed E-state index contributed by atoms with van der Waals surface area (Å²) < 4.78 is 11.0. The first-order valence-electron chi connectivity index (χ1n) is 7.84. The zero-order chi connectivity index (χ0) is 17.1. The van der Waals surface area contributed by atoms with Crippen molar-refractivity contribution >= 4 is 17.4 Å². The molecule has 1 unspecified atom stereocenters. The van der Waals surface area contributed by atoms with Crippen LogP contribution in [0.25, 0.3) is 0 Å². The van der Waals surface area contributed by atoms with Crippen LogP contribution in [-0.2, 0) is 17.8 Å². The molecule has 2 aromatic carbocycles. The zero-order valence-corrected chi connectivity index (χ0v) is 14.5. The molecule has 2 aromatic rings. The molecule has 24 heavy (non-hydrogen) atoms. The van der Waals surface area contributed by atoms with E-state index in [4.69, 9.17) is 21.1 Å². The minimum absolute atomic E-state index is 0.0846. The van der Waals surface area contributed by atoms with E-state index >= 15 is 0 Å². The predicted octanol–water partition coefficient (Wildman–Crippen LogP) is 3.56. The highest BCUT2D eigenvalue weighted by Gasteiger charge is 2.26. The van der Waals surface area contributed by atoms with Crippen LogP contribution < -0.4 is 4.74 Å². The Morgan fingerprint density at radius 1 is 1.25 bits per heavy atom. The molecule has 0 spiro atoms. The van der Waals surface area contributed by atoms with Crippen LogP contribution in [0.3, 0.4) is 0 Å². The van der Waals surface area contributed by atoms with Crippen molar-refractivity contribution in [3.63, 3.8) is 0 Å². The molecule has 0 saturated heterocycles. The lowest BCUT2D eigenvalue weighted by atomic mass is 9.95. The molecule has 0 amide bonds. The van der Waals surface area contributed by atoms with E-state index in [0.717, 1.165) is 16.9 Å². The maximum atomic E-state index is 12.9. The lowest BCUT2D eigenvalue weighted by Crippen LogP contribution is -2.38. The number of hydrogen-bond acceptors (Lipinski definition) is 4. The maximum absolute atomic E-state index is 12.9. The fraction of sp³-hybridized carbons (Fsp3) is 0.316. The van der Waals surface area contributed by atoms with Crippen LogP contribution in [0.5, 0.6) is 5.75 Å². The third-order valence-electron chi connectivity index (χ3n) is 4.15. The summed E-state index contributed by atoms with van der Waals surface area (Å²) in [6, 6.07) is 12.8. The molecule has 0 aliphatic carbocycles. The molecule has 0 bridgehead atoms. The van der Waals surface area contributed by atoms with Crippen LogP contribution in [0.4, 0.5) is 0 Å². The van der Waals surface area contributed by atoms with Gasteiger partial charge in [-0.1, -0.05) is 41.9 Å². The number of hydrogen-bond donors (Lipinski definition) is 0. The number of rotatable bonds is 5. The first-order valence-corrected chi connectivity index (χ1v) is 8.21. The van der Waals surface area contributed by atoms with Gasteiger partial charge in [0.1, 0.15) is 5.75 Å². The van der Waals surface area contributed by atoms with Crippen molar-refractivity contribution in [2.24, 2.45) is 0 Å². The molecule has 1 heterocycles. The Morgan fingerprint density at radius 2 is 2.00 bits per heavy atom. The van der Waals surface area contributed by atoms with Crippen LogP contribution in [0.2, 0.25) is 5.02 Å². The topological polar surface area (TPSA) is 38.8 Å². The number of ketones is 1. The third kappa shape index (κ3) is 3.61. The summed E-state index contributed by atoms with van der Waals surface area (Å²) in [6.45, 7) is 0.697. The largest absolute Gasteiger partial charge is 0.467 e. The summed E-state index contributed by atoms with van der Waals surface area (Å²) in [4.78, 5) is 14.8. The highest BCUT2D eigenvalue weighted by atomic mass is 35.5. The van der Waals surface area contributed by atoms with E-state index in [2.05, 4.69) is 0 Å². The summed E-state index contributed by atoms with van der Waals surface area (Å²) in [5, 5.41) is 0.627. The Hall–Kier alpha value is -1.88. The number of Topliss-reactive ketones (excluding diaryl/α,β-unsaturated/α-hetero) is 1. The minimum atomic E-state index is -0.290. The second kappa shape index (κ2) is 7.34. The molecule has 0 fully saturated rings. The SMILES string of the molecule is CN(C)C(Cc1cc(Cl)cc2c1OCOC2)C(=O)c1ccccc1. The van der Waals surface area contributed by atoms with Crippen molar-refractivity contribution in [2.75, 3.05) is 20.9 Å². The molecule has 1 atom stereocenters. The summed E-state index contributed by atoms with van der Waals surface area (Å²) >= 11 is 6.23. The summed E-state index contributed by atoms with van der Waals surface area (Å²) in [7, 11) is 3.82. The molecule has 0 aromatic heterocycles. The normalized spacial score (nSPS) is 14.8. The summed E-state index contributed by atoms with van der Waals surface area (Å²) in [5.41, 5.74) is 2.56. The fourth-order valence-corrected chi connectivity index (χ4v) is 3.18. The average Bonchev–Trinajstić information content (AvgIpc) is 2.59. The van der Waals surface area contributed by atoms with Gasteiger partial charge in [0, 0.05) is 16.1 Å². The van der Waals surface area contributed by atoms with E-state index < -0.39 is 0 Å². The van der Waals surface area contributed by atoms with E-state index in [1.54, 1.807) is 0 Å². The van der Waals surface area contributed by atoms with Crippen molar-refractivity contribution in [2.45, 2.75) is 19.1 Å². The Kier molecular flexibility index (Phi) is 5.19. The van der Waals surface area contributed by atoms with Crippen molar-refractivity contribution in [3.05, 3.63) is 64.2 Å². The first kappa shape index (κ1) is 17.0. The van der Waals surface area contributed by atoms with Gasteiger partial charge in [-0.15, -0.1) is 0 Å². The highest BCUT2D eigenvalue weighted by Crippen LogP contribution is 2.33. The van der Waals surface area contributed by atoms with E-state index in [1.165, 1.54) is 0 Å². The predicted molar refractivity (Wildman–Crippen MR) is 93.7 cm³/mol.